The summed E-state index contributed by atoms with van der Waals surface area (Å²) < 4.78 is 29.7. The molecule has 2 amide bonds. The highest BCUT2D eigenvalue weighted by atomic mass is 19.3. The summed E-state index contributed by atoms with van der Waals surface area (Å²) >= 11 is 0. The fourth-order valence-corrected chi connectivity index (χ4v) is 5.46. The fraction of sp³-hybridized carbons (Fsp3) is 0.586. The zero-order chi connectivity index (χ0) is 28.4. The van der Waals surface area contributed by atoms with Crippen molar-refractivity contribution in [2.75, 3.05) is 0 Å². The first-order valence-electron chi connectivity index (χ1n) is 14.3. The molecule has 0 unspecified atom stereocenters. The summed E-state index contributed by atoms with van der Waals surface area (Å²) in [5, 5.41) is 10.7. The van der Waals surface area contributed by atoms with Gasteiger partial charge in [0.15, 0.2) is 5.65 Å². The molecule has 5 rings (SSSR count). The summed E-state index contributed by atoms with van der Waals surface area (Å²) in [6.45, 7) is 5.94. The van der Waals surface area contributed by atoms with Crippen LogP contribution in [-0.4, -0.2) is 42.3 Å². The molecule has 0 radical (unpaired) electrons. The molecule has 0 spiro atoms. The van der Waals surface area contributed by atoms with Gasteiger partial charge in [-0.15, -0.1) is 0 Å². The summed E-state index contributed by atoms with van der Waals surface area (Å²) in [7, 11) is 0. The number of fused-ring (bicyclic) bond motifs is 1. The maximum absolute atomic E-state index is 14.0. The van der Waals surface area contributed by atoms with E-state index in [2.05, 4.69) is 25.7 Å². The number of imidazole rings is 1. The van der Waals surface area contributed by atoms with Crippen LogP contribution in [0.3, 0.4) is 0 Å². The molecule has 40 heavy (non-hydrogen) atoms. The zero-order valence-corrected chi connectivity index (χ0v) is 23.2. The number of hydrogen-bond donors (Lipinski definition) is 2. The van der Waals surface area contributed by atoms with Crippen molar-refractivity contribution < 1.29 is 18.4 Å². The van der Waals surface area contributed by atoms with E-state index in [1.165, 1.54) is 6.33 Å². The monoisotopic (exact) mass is 553 g/mol. The van der Waals surface area contributed by atoms with Crippen LogP contribution in [-0.2, 0) is 4.79 Å². The van der Waals surface area contributed by atoms with E-state index in [1.807, 2.05) is 26.8 Å². The van der Waals surface area contributed by atoms with Gasteiger partial charge in [0.2, 0.25) is 11.8 Å². The van der Waals surface area contributed by atoms with Gasteiger partial charge in [-0.05, 0) is 67.6 Å². The average molecular weight is 554 g/mol. The number of carbonyl (C=O) groups is 2. The Morgan fingerprint density at radius 3 is 2.42 bits per heavy atom. The second-order valence-corrected chi connectivity index (χ2v) is 11.5. The highest BCUT2D eigenvalue weighted by Gasteiger charge is 2.40. The van der Waals surface area contributed by atoms with Crippen molar-refractivity contribution in [2.45, 2.75) is 96.1 Å². The van der Waals surface area contributed by atoms with Crippen LogP contribution in [0.15, 0.2) is 30.9 Å². The third-order valence-electron chi connectivity index (χ3n) is 7.96. The number of hydrogen-bond acceptors (Lipinski definition) is 6. The summed E-state index contributed by atoms with van der Waals surface area (Å²) in [5.74, 6) is -2.80. The van der Waals surface area contributed by atoms with E-state index in [0.29, 0.717) is 23.7 Å². The number of aromatic nitrogens is 5. The number of alkyl halides is 2. The Hall–Kier alpha value is -3.50. The Labute approximate surface area is 232 Å². The number of nitrogens with zero attached hydrogens (tertiary/aromatic N) is 5. The third-order valence-corrected chi connectivity index (χ3v) is 7.96. The second kappa shape index (κ2) is 11.5. The largest absolute Gasteiger partial charge is 0.349 e. The first-order valence-corrected chi connectivity index (χ1v) is 14.3. The fourth-order valence-electron chi connectivity index (χ4n) is 5.46. The highest BCUT2D eigenvalue weighted by Crippen LogP contribution is 2.42. The third kappa shape index (κ3) is 6.45. The van der Waals surface area contributed by atoms with Crippen molar-refractivity contribution in [3.63, 3.8) is 0 Å². The molecule has 3 aromatic rings. The zero-order valence-electron chi connectivity index (χ0n) is 23.2. The average Bonchev–Trinajstić information content (AvgIpc) is 3.68. The van der Waals surface area contributed by atoms with Crippen molar-refractivity contribution >= 4 is 17.5 Å². The van der Waals surface area contributed by atoms with Crippen LogP contribution in [0.5, 0.6) is 0 Å². The molecule has 214 valence electrons. The second-order valence-electron chi connectivity index (χ2n) is 11.5. The Balaban J connectivity index is 1.43. The summed E-state index contributed by atoms with van der Waals surface area (Å²) in [5.41, 5.74) is 2.99. The highest BCUT2D eigenvalue weighted by molar-refractivity contribution is 5.92. The minimum atomic E-state index is -2.70. The van der Waals surface area contributed by atoms with Gasteiger partial charge in [-0.3, -0.25) is 9.59 Å². The maximum atomic E-state index is 14.0. The van der Waals surface area contributed by atoms with Gasteiger partial charge in [-0.1, -0.05) is 20.8 Å². The van der Waals surface area contributed by atoms with Crippen LogP contribution in [0.1, 0.15) is 118 Å². The lowest BCUT2D eigenvalue weighted by Crippen LogP contribution is -2.37. The van der Waals surface area contributed by atoms with Gasteiger partial charge in [0, 0.05) is 25.0 Å². The lowest BCUT2D eigenvalue weighted by Gasteiger charge is -2.33. The molecule has 2 atom stereocenters. The quantitative estimate of drug-likeness (QED) is 0.352. The van der Waals surface area contributed by atoms with Crippen LogP contribution in [0.25, 0.3) is 5.65 Å². The molecule has 0 aromatic carbocycles. The minimum Gasteiger partial charge on any atom is -0.349 e. The molecule has 0 aliphatic heterocycles. The molecule has 2 aliphatic carbocycles. The molecule has 11 heteroatoms. The maximum Gasteiger partial charge on any atom is 0.270 e. The molecular weight excluding hydrogens is 516 g/mol. The van der Waals surface area contributed by atoms with Crippen molar-refractivity contribution in [1.29, 1.82) is 0 Å². The molecule has 9 nitrogen and oxygen atoms in total. The van der Waals surface area contributed by atoms with Crippen LogP contribution in [0, 0.1) is 11.8 Å². The first-order chi connectivity index (χ1) is 19.1. The van der Waals surface area contributed by atoms with Gasteiger partial charge in [0.1, 0.15) is 12.0 Å². The Morgan fingerprint density at radius 1 is 1.02 bits per heavy atom. The lowest BCUT2D eigenvalue weighted by atomic mass is 9.81. The number of rotatable bonds is 10. The molecule has 3 heterocycles. The first kappa shape index (κ1) is 28.0. The lowest BCUT2D eigenvalue weighted by molar-refractivity contribution is -0.122. The SMILES string of the molecule is CCCC(=O)N[C@@H](c1cnn2cc([C@@H](NC(=O)c3cc(C(C)C)ncn3)C3CCC(F)(F)CC3)nc2c1)C1CC1. The Morgan fingerprint density at radius 2 is 1.75 bits per heavy atom. The summed E-state index contributed by atoms with van der Waals surface area (Å²) in [6.07, 6.45) is 8.26. The van der Waals surface area contributed by atoms with Crippen LogP contribution in [0.4, 0.5) is 8.78 Å². The molecular formula is C29H37F2N7O2. The van der Waals surface area contributed by atoms with Crippen molar-refractivity contribution in [2.24, 2.45) is 11.8 Å². The van der Waals surface area contributed by atoms with E-state index in [4.69, 9.17) is 4.98 Å². The molecule has 0 saturated heterocycles. The normalized spacial score (nSPS) is 18.9. The van der Waals surface area contributed by atoms with Gasteiger partial charge in [0.05, 0.1) is 30.2 Å². The number of carbonyl (C=O) groups excluding carboxylic acids is 2. The van der Waals surface area contributed by atoms with Crippen molar-refractivity contribution in [3.05, 3.63) is 53.5 Å². The molecule has 3 aromatic heterocycles. The summed E-state index contributed by atoms with van der Waals surface area (Å²) in [6, 6.07) is 2.86. The predicted molar refractivity (Wildman–Crippen MR) is 145 cm³/mol. The minimum absolute atomic E-state index is 0.0190. The van der Waals surface area contributed by atoms with Crippen molar-refractivity contribution in [1.82, 2.24) is 35.2 Å². The summed E-state index contributed by atoms with van der Waals surface area (Å²) in [4.78, 5) is 38.9. The van der Waals surface area contributed by atoms with E-state index in [9.17, 15) is 18.4 Å². The van der Waals surface area contributed by atoms with Crippen LogP contribution < -0.4 is 10.6 Å². The Bertz CT molecular complexity index is 1360. The molecule has 2 N–H and O–H groups in total. The predicted octanol–water partition coefficient (Wildman–Crippen LogP) is 5.31. The number of nitrogens with one attached hydrogen (secondary N) is 2. The Kier molecular flexibility index (Phi) is 8.09. The molecule has 2 aliphatic rings. The molecule has 2 saturated carbocycles. The number of halogens is 2. The van der Waals surface area contributed by atoms with Crippen LogP contribution in [0.2, 0.25) is 0 Å². The molecule has 0 bridgehead atoms. The van der Waals surface area contributed by atoms with Gasteiger partial charge in [-0.2, -0.15) is 5.10 Å². The topological polar surface area (TPSA) is 114 Å². The van der Waals surface area contributed by atoms with E-state index in [-0.39, 0.29) is 55.2 Å². The standard InChI is InChI=1S/C29H37F2N7O2/c1-4-5-25(39)36-26(18-6-7-18)20-12-24-35-23(15-38(24)34-14-20)27(19-8-10-29(30,31)11-9-19)37-28(40)22-13-21(17(2)3)32-16-33-22/h12-19,26-27H,4-11H2,1-3H3,(H,36,39)(H,37,40)/t26-,27+/m1/s1. The van der Waals surface area contributed by atoms with E-state index in [1.54, 1.807) is 23.0 Å². The van der Waals surface area contributed by atoms with Gasteiger partial charge < -0.3 is 10.6 Å². The van der Waals surface area contributed by atoms with Gasteiger partial charge in [-0.25, -0.2) is 28.2 Å². The van der Waals surface area contributed by atoms with Crippen LogP contribution >= 0.6 is 0 Å². The van der Waals surface area contributed by atoms with E-state index in [0.717, 1.165) is 30.5 Å². The molecule has 2 fully saturated rings. The van der Waals surface area contributed by atoms with E-state index < -0.39 is 17.9 Å². The van der Waals surface area contributed by atoms with Gasteiger partial charge in [0.25, 0.3) is 5.91 Å². The smallest absolute Gasteiger partial charge is 0.270 e. The van der Waals surface area contributed by atoms with Crippen molar-refractivity contribution in [3.8, 4) is 0 Å². The van der Waals surface area contributed by atoms with E-state index >= 15 is 0 Å². The number of amides is 2. The van der Waals surface area contributed by atoms with Gasteiger partial charge >= 0.3 is 0 Å².